The molecule has 0 heterocycles. The van der Waals surface area contributed by atoms with Gasteiger partial charge in [-0.25, -0.2) is 13.1 Å². The van der Waals surface area contributed by atoms with Gasteiger partial charge in [0.25, 0.3) is 0 Å². The number of nitrogens with two attached hydrogens (primary N) is 1. The number of benzene rings is 1. The van der Waals surface area contributed by atoms with E-state index in [1.807, 2.05) is 6.92 Å². The molecule has 0 radical (unpaired) electrons. The number of halogens is 1. The van der Waals surface area contributed by atoms with Gasteiger partial charge in [-0.2, -0.15) is 0 Å². The Hall–Kier alpha value is -0.780. The monoisotopic (exact) mass is 274 g/mol. The van der Waals surface area contributed by atoms with E-state index >= 15 is 0 Å². The van der Waals surface area contributed by atoms with Gasteiger partial charge in [-0.1, -0.05) is 11.6 Å². The summed E-state index contributed by atoms with van der Waals surface area (Å²) in [5, 5.41) is 0.360. The summed E-state index contributed by atoms with van der Waals surface area (Å²) in [7, 11) is -3.58. The van der Waals surface area contributed by atoms with E-state index in [4.69, 9.17) is 17.3 Å². The highest BCUT2D eigenvalue weighted by atomic mass is 35.5. The third-order valence-corrected chi connectivity index (χ3v) is 4.79. The average Bonchev–Trinajstić information content (AvgIpc) is 3.04. The van der Waals surface area contributed by atoms with Crippen molar-refractivity contribution >= 4 is 27.3 Å². The second-order valence-corrected chi connectivity index (χ2v) is 6.55. The van der Waals surface area contributed by atoms with Gasteiger partial charge in [0.05, 0.1) is 5.69 Å². The molecular weight excluding hydrogens is 260 g/mol. The van der Waals surface area contributed by atoms with E-state index in [1.165, 1.54) is 12.1 Å². The number of nitrogens with one attached hydrogen (secondary N) is 1. The number of anilines is 1. The van der Waals surface area contributed by atoms with Crippen LogP contribution in [0.25, 0.3) is 0 Å². The van der Waals surface area contributed by atoms with Crippen LogP contribution in [0.15, 0.2) is 23.1 Å². The van der Waals surface area contributed by atoms with Crippen LogP contribution in [0, 0.1) is 5.92 Å². The molecule has 1 aliphatic rings. The molecule has 0 aliphatic heterocycles. The van der Waals surface area contributed by atoms with Crippen LogP contribution in [-0.4, -0.2) is 14.5 Å². The van der Waals surface area contributed by atoms with Crippen molar-refractivity contribution in [3.05, 3.63) is 23.2 Å². The molecule has 0 saturated heterocycles. The molecule has 4 nitrogen and oxygen atoms in total. The molecule has 0 bridgehead atoms. The van der Waals surface area contributed by atoms with Crippen molar-refractivity contribution in [1.82, 2.24) is 4.72 Å². The summed E-state index contributed by atoms with van der Waals surface area (Å²) in [6.45, 7) is 1.87. The van der Waals surface area contributed by atoms with Gasteiger partial charge >= 0.3 is 0 Å². The van der Waals surface area contributed by atoms with Crippen molar-refractivity contribution in [2.24, 2.45) is 5.92 Å². The predicted molar refractivity (Wildman–Crippen MR) is 68.4 cm³/mol. The maximum atomic E-state index is 12.1. The van der Waals surface area contributed by atoms with E-state index in [0.29, 0.717) is 10.9 Å². The van der Waals surface area contributed by atoms with E-state index in [-0.39, 0.29) is 16.6 Å². The zero-order valence-corrected chi connectivity index (χ0v) is 11.1. The Bertz CT molecular complexity index is 526. The fourth-order valence-corrected chi connectivity index (χ4v) is 3.45. The van der Waals surface area contributed by atoms with Crippen LogP contribution >= 0.6 is 11.6 Å². The van der Waals surface area contributed by atoms with Crippen molar-refractivity contribution in [3.8, 4) is 0 Å². The maximum absolute atomic E-state index is 12.1. The Balaban J connectivity index is 2.27. The van der Waals surface area contributed by atoms with Crippen LogP contribution in [0.1, 0.15) is 19.8 Å². The van der Waals surface area contributed by atoms with Crippen LogP contribution in [-0.2, 0) is 10.0 Å². The highest BCUT2D eigenvalue weighted by molar-refractivity contribution is 7.89. The third-order valence-electron chi connectivity index (χ3n) is 2.94. The number of hydrogen-bond acceptors (Lipinski definition) is 3. The van der Waals surface area contributed by atoms with Crippen LogP contribution < -0.4 is 10.5 Å². The van der Waals surface area contributed by atoms with E-state index < -0.39 is 10.0 Å². The second kappa shape index (κ2) is 4.48. The van der Waals surface area contributed by atoms with E-state index in [9.17, 15) is 8.42 Å². The van der Waals surface area contributed by atoms with E-state index in [1.54, 1.807) is 6.07 Å². The van der Waals surface area contributed by atoms with Crippen molar-refractivity contribution in [1.29, 1.82) is 0 Å². The Labute approximate surface area is 106 Å². The molecule has 1 aromatic rings. The topological polar surface area (TPSA) is 72.2 Å². The molecule has 0 spiro atoms. The molecule has 17 heavy (non-hydrogen) atoms. The number of rotatable bonds is 4. The third kappa shape index (κ3) is 2.91. The molecule has 6 heteroatoms. The summed E-state index contributed by atoms with van der Waals surface area (Å²) in [5.74, 6) is 0.449. The van der Waals surface area contributed by atoms with E-state index in [2.05, 4.69) is 4.72 Å². The predicted octanol–water partition coefficient (Wildman–Crippen LogP) is 2.00. The second-order valence-electron chi connectivity index (χ2n) is 4.43. The molecule has 1 unspecified atom stereocenters. The molecule has 1 aliphatic carbocycles. The molecule has 0 aromatic heterocycles. The van der Waals surface area contributed by atoms with Crippen molar-refractivity contribution in [3.63, 3.8) is 0 Å². The Kier molecular flexibility index (Phi) is 3.34. The minimum absolute atomic E-state index is 0.0532. The van der Waals surface area contributed by atoms with Crippen molar-refractivity contribution in [2.75, 3.05) is 5.73 Å². The molecule has 0 amide bonds. The zero-order valence-electron chi connectivity index (χ0n) is 9.48. The number of nitrogen functional groups attached to an aromatic ring is 1. The number of sulfonamides is 1. The van der Waals surface area contributed by atoms with Gasteiger partial charge < -0.3 is 5.73 Å². The summed E-state index contributed by atoms with van der Waals surface area (Å²) >= 11 is 5.79. The van der Waals surface area contributed by atoms with Crippen molar-refractivity contribution < 1.29 is 8.42 Å². The molecule has 1 saturated carbocycles. The SMILES string of the molecule is CC(NS(=O)(=O)c1cc(Cl)ccc1N)C1CC1. The molecule has 2 rings (SSSR count). The largest absolute Gasteiger partial charge is 0.398 e. The van der Waals surface area contributed by atoms with Crippen LogP contribution in [0.4, 0.5) is 5.69 Å². The normalized spacial score (nSPS) is 18.0. The van der Waals surface area contributed by atoms with Gasteiger partial charge in [-0.15, -0.1) is 0 Å². The quantitative estimate of drug-likeness (QED) is 0.825. The van der Waals surface area contributed by atoms with Crippen molar-refractivity contribution in [2.45, 2.75) is 30.7 Å². The lowest BCUT2D eigenvalue weighted by atomic mass is 10.2. The molecular formula is C11H15ClN2O2S. The standard InChI is InChI=1S/C11H15ClN2O2S/c1-7(8-2-3-8)14-17(15,16)11-6-9(12)4-5-10(11)13/h4-8,14H,2-3,13H2,1H3. The molecule has 1 atom stereocenters. The van der Waals surface area contributed by atoms with Gasteiger partial charge in [-0.3, -0.25) is 0 Å². The first kappa shape index (κ1) is 12.7. The summed E-state index contributed by atoms with van der Waals surface area (Å²) in [6.07, 6.45) is 2.16. The molecule has 3 N–H and O–H groups in total. The van der Waals surface area contributed by atoms with Crippen LogP contribution in [0.5, 0.6) is 0 Å². The lowest BCUT2D eigenvalue weighted by molar-refractivity contribution is 0.538. The average molecular weight is 275 g/mol. The number of hydrogen-bond donors (Lipinski definition) is 2. The Morgan fingerprint density at radius 3 is 2.71 bits per heavy atom. The van der Waals surface area contributed by atoms with Crippen LogP contribution in [0.2, 0.25) is 5.02 Å². The van der Waals surface area contributed by atoms with Gasteiger partial charge in [0.2, 0.25) is 10.0 Å². The highest BCUT2D eigenvalue weighted by Crippen LogP contribution is 2.33. The first-order chi connectivity index (χ1) is 7.90. The lowest BCUT2D eigenvalue weighted by Gasteiger charge is -2.14. The fourth-order valence-electron chi connectivity index (χ4n) is 1.74. The minimum atomic E-state index is -3.58. The smallest absolute Gasteiger partial charge is 0.242 e. The molecule has 1 fully saturated rings. The van der Waals surface area contributed by atoms with Gasteiger partial charge in [-0.05, 0) is 43.9 Å². The lowest BCUT2D eigenvalue weighted by Crippen LogP contribution is -2.34. The van der Waals surface area contributed by atoms with E-state index in [0.717, 1.165) is 12.8 Å². The Morgan fingerprint density at radius 2 is 2.12 bits per heavy atom. The minimum Gasteiger partial charge on any atom is -0.398 e. The summed E-state index contributed by atoms with van der Waals surface area (Å²) < 4.78 is 26.8. The summed E-state index contributed by atoms with van der Waals surface area (Å²) in [6, 6.07) is 4.39. The van der Waals surface area contributed by atoms with Gasteiger partial charge in [0, 0.05) is 11.1 Å². The first-order valence-electron chi connectivity index (χ1n) is 5.47. The maximum Gasteiger partial charge on any atom is 0.242 e. The fraction of sp³-hybridized carbons (Fsp3) is 0.455. The van der Waals surface area contributed by atoms with Crippen LogP contribution in [0.3, 0.4) is 0 Å². The Morgan fingerprint density at radius 1 is 1.47 bits per heavy atom. The molecule has 1 aromatic carbocycles. The highest BCUT2D eigenvalue weighted by Gasteiger charge is 2.31. The van der Waals surface area contributed by atoms with Gasteiger partial charge in [0.15, 0.2) is 0 Å². The summed E-state index contributed by atoms with van der Waals surface area (Å²) in [5.41, 5.74) is 5.88. The van der Waals surface area contributed by atoms with Gasteiger partial charge in [0.1, 0.15) is 4.90 Å². The molecule has 94 valence electrons. The first-order valence-corrected chi connectivity index (χ1v) is 7.33. The summed E-state index contributed by atoms with van der Waals surface area (Å²) in [4.78, 5) is 0.0532. The zero-order chi connectivity index (χ0) is 12.6.